The molecule has 0 spiro atoms. The molecule has 0 unspecified atom stereocenters. The van der Waals surface area contributed by atoms with Gasteiger partial charge in [0.2, 0.25) is 0 Å². The van der Waals surface area contributed by atoms with Gasteiger partial charge in [0, 0.05) is 12.7 Å². The van der Waals surface area contributed by atoms with E-state index in [2.05, 4.69) is 0 Å². The zero-order chi connectivity index (χ0) is 15.1. The Bertz CT molecular complexity index is 596. The van der Waals surface area contributed by atoms with Gasteiger partial charge in [-0.25, -0.2) is 0 Å². The lowest BCUT2D eigenvalue weighted by Gasteiger charge is -2.10. The van der Waals surface area contributed by atoms with Crippen LogP contribution >= 0.6 is 12.2 Å². The third kappa shape index (κ3) is 4.55. The van der Waals surface area contributed by atoms with Gasteiger partial charge in [0.1, 0.15) is 17.3 Å². The standard InChI is InChI=1S/C17H19NO2S/c1-19-11-10-13-6-8-15(9-7-13)20-12-14-4-2-3-5-16(14)17(18)21/h2-9H,10-12H2,1H3,(H2,18,21). The topological polar surface area (TPSA) is 44.5 Å². The molecule has 2 rings (SSSR count). The summed E-state index contributed by atoms with van der Waals surface area (Å²) in [5.74, 6) is 0.828. The summed E-state index contributed by atoms with van der Waals surface area (Å²) in [6, 6.07) is 15.8. The molecule has 2 aromatic rings. The predicted molar refractivity (Wildman–Crippen MR) is 88.7 cm³/mol. The van der Waals surface area contributed by atoms with E-state index in [4.69, 9.17) is 27.4 Å². The molecule has 0 heterocycles. The molecule has 2 N–H and O–H groups in total. The lowest BCUT2D eigenvalue weighted by atomic mass is 10.1. The minimum atomic E-state index is 0.393. The Hall–Kier alpha value is -1.91. The molecule has 0 fully saturated rings. The van der Waals surface area contributed by atoms with Crippen LogP contribution in [0.4, 0.5) is 0 Å². The smallest absolute Gasteiger partial charge is 0.119 e. The van der Waals surface area contributed by atoms with Crippen molar-refractivity contribution in [3.05, 3.63) is 65.2 Å². The summed E-state index contributed by atoms with van der Waals surface area (Å²) >= 11 is 5.05. The Morgan fingerprint density at radius 1 is 1.10 bits per heavy atom. The number of hydrogen-bond acceptors (Lipinski definition) is 3. The Morgan fingerprint density at radius 3 is 2.48 bits per heavy atom. The van der Waals surface area contributed by atoms with E-state index in [-0.39, 0.29) is 0 Å². The summed E-state index contributed by atoms with van der Waals surface area (Å²) in [6.45, 7) is 1.17. The molecule has 0 aliphatic carbocycles. The van der Waals surface area contributed by atoms with Crippen molar-refractivity contribution in [1.82, 2.24) is 0 Å². The molecular weight excluding hydrogens is 282 g/mol. The first kappa shape index (κ1) is 15.5. The van der Waals surface area contributed by atoms with Crippen molar-refractivity contribution < 1.29 is 9.47 Å². The number of thiocarbonyl (C=S) groups is 1. The van der Waals surface area contributed by atoms with Crippen molar-refractivity contribution in [3.8, 4) is 5.75 Å². The highest BCUT2D eigenvalue weighted by Gasteiger charge is 2.05. The van der Waals surface area contributed by atoms with Gasteiger partial charge in [0.15, 0.2) is 0 Å². The fraction of sp³-hybridized carbons (Fsp3) is 0.235. The summed E-state index contributed by atoms with van der Waals surface area (Å²) in [6.07, 6.45) is 0.904. The Kier molecular flexibility index (Phi) is 5.72. The third-order valence-corrected chi connectivity index (χ3v) is 3.42. The number of methoxy groups -OCH3 is 1. The molecule has 4 heteroatoms. The van der Waals surface area contributed by atoms with Gasteiger partial charge < -0.3 is 15.2 Å². The van der Waals surface area contributed by atoms with Crippen LogP contribution in [0.15, 0.2) is 48.5 Å². The van der Waals surface area contributed by atoms with Crippen LogP contribution < -0.4 is 10.5 Å². The lowest BCUT2D eigenvalue weighted by Crippen LogP contribution is -2.13. The number of hydrogen-bond donors (Lipinski definition) is 1. The molecule has 0 bridgehead atoms. The van der Waals surface area contributed by atoms with Crippen molar-refractivity contribution in [2.75, 3.05) is 13.7 Å². The summed E-state index contributed by atoms with van der Waals surface area (Å²) in [4.78, 5) is 0.393. The van der Waals surface area contributed by atoms with E-state index in [0.29, 0.717) is 11.6 Å². The Morgan fingerprint density at radius 2 is 1.81 bits per heavy atom. The normalized spacial score (nSPS) is 10.3. The first-order valence-corrected chi connectivity index (χ1v) is 7.20. The van der Waals surface area contributed by atoms with E-state index in [1.54, 1.807) is 7.11 Å². The highest BCUT2D eigenvalue weighted by Crippen LogP contribution is 2.16. The fourth-order valence-electron chi connectivity index (χ4n) is 2.02. The van der Waals surface area contributed by atoms with E-state index in [1.807, 2.05) is 48.5 Å². The molecule has 0 radical (unpaired) electrons. The molecule has 0 saturated carbocycles. The van der Waals surface area contributed by atoms with Crippen LogP contribution in [-0.4, -0.2) is 18.7 Å². The van der Waals surface area contributed by atoms with Crippen LogP contribution in [0.3, 0.4) is 0 Å². The number of benzene rings is 2. The van der Waals surface area contributed by atoms with Gasteiger partial charge in [-0.2, -0.15) is 0 Å². The van der Waals surface area contributed by atoms with Crippen molar-refractivity contribution in [1.29, 1.82) is 0 Å². The monoisotopic (exact) mass is 301 g/mol. The second kappa shape index (κ2) is 7.76. The van der Waals surface area contributed by atoms with Crippen LogP contribution in [-0.2, 0) is 17.8 Å². The van der Waals surface area contributed by atoms with Gasteiger partial charge in [-0.3, -0.25) is 0 Å². The Balaban J connectivity index is 1.98. The van der Waals surface area contributed by atoms with Gasteiger partial charge in [-0.1, -0.05) is 48.6 Å². The average molecular weight is 301 g/mol. The van der Waals surface area contributed by atoms with Crippen LogP contribution in [0.2, 0.25) is 0 Å². The predicted octanol–water partition coefficient (Wildman–Crippen LogP) is 3.09. The quantitative estimate of drug-likeness (QED) is 0.798. The summed E-state index contributed by atoms with van der Waals surface area (Å²) in [5.41, 5.74) is 8.80. The largest absolute Gasteiger partial charge is 0.489 e. The molecule has 110 valence electrons. The van der Waals surface area contributed by atoms with Crippen molar-refractivity contribution in [2.45, 2.75) is 13.0 Å². The molecule has 0 aliphatic heterocycles. The van der Waals surface area contributed by atoms with E-state index in [1.165, 1.54) is 5.56 Å². The average Bonchev–Trinajstić information content (AvgIpc) is 2.52. The fourth-order valence-corrected chi connectivity index (χ4v) is 2.22. The van der Waals surface area contributed by atoms with Crippen LogP contribution in [0.25, 0.3) is 0 Å². The highest BCUT2D eigenvalue weighted by atomic mass is 32.1. The SMILES string of the molecule is COCCc1ccc(OCc2ccccc2C(N)=S)cc1. The third-order valence-electron chi connectivity index (χ3n) is 3.20. The molecular formula is C17H19NO2S. The van der Waals surface area contributed by atoms with E-state index in [0.717, 1.165) is 29.9 Å². The molecule has 0 amide bonds. The zero-order valence-corrected chi connectivity index (χ0v) is 12.9. The number of ether oxygens (including phenoxy) is 2. The molecule has 0 saturated heterocycles. The van der Waals surface area contributed by atoms with Crippen LogP contribution in [0, 0.1) is 0 Å². The highest BCUT2D eigenvalue weighted by molar-refractivity contribution is 7.80. The van der Waals surface area contributed by atoms with E-state index in [9.17, 15) is 0 Å². The molecule has 0 aliphatic rings. The van der Waals surface area contributed by atoms with Gasteiger partial charge in [-0.05, 0) is 29.7 Å². The lowest BCUT2D eigenvalue weighted by molar-refractivity contribution is 0.202. The maximum Gasteiger partial charge on any atom is 0.119 e. The van der Waals surface area contributed by atoms with E-state index >= 15 is 0 Å². The minimum Gasteiger partial charge on any atom is -0.489 e. The zero-order valence-electron chi connectivity index (χ0n) is 12.0. The van der Waals surface area contributed by atoms with Crippen LogP contribution in [0.1, 0.15) is 16.7 Å². The van der Waals surface area contributed by atoms with E-state index < -0.39 is 0 Å². The second-order valence-electron chi connectivity index (χ2n) is 4.70. The summed E-state index contributed by atoms with van der Waals surface area (Å²) in [7, 11) is 1.71. The number of rotatable bonds is 7. The first-order chi connectivity index (χ1) is 10.2. The minimum absolute atomic E-state index is 0.393. The molecule has 0 aromatic heterocycles. The van der Waals surface area contributed by atoms with Gasteiger partial charge in [0.25, 0.3) is 0 Å². The van der Waals surface area contributed by atoms with Crippen molar-refractivity contribution in [2.24, 2.45) is 5.73 Å². The van der Waals surface area contributed by atoms with Crippen molar-refractivity contribution in [3.63, 3.8) is 0 Å². The number of nitrogens with two attached hydrogens (primary N) is 1. The maximum atomic E-state index is 5.80. The molecule has 2 aromatic carbocycles. The first-order valence-electron chi connectivity index (χ1n) is 6.79. The maximum absolute atomic E-state index is 5.80. The van der Waals surface area contributed by atoms with Crippen molar-refractivity contribution >= 4 is 17.2 Å². The van der Waals surface area contributed by atoms with Gasteiger partial charge in [0.05, 0.1) is 6.61 Å². The van der Waals surface area contributed by atoms with Gasteiger partial charge >= 0.3 is 0 Å². The molecule has 0 atom stereocenters. The summed E-state index contributed by atoms with van der Waals surface area (Å²) < 4.78 is 10.9. The van der Waals surface area contributed by atoms with Gasteiger partial charge in [-0.15, -0.1) is 0 Å². The second-order valence-corrected chi connectivity index (χ2v) is 5.14. The van der Waals surface area contributed by atoms with Crippen LogP contribution in [0.5, 0.6) is 5.75 Å². The summed E-state index contributed by atoms with van der Waals surface area (Å²) in [5, 5.41) is 0. The molecule has 21 heavy (non-hydrogen) atoms. The Labute approximate surface area is 130 Å². The molecule has 3 nitrogen and oxygen atoms in total.